The number of halogens is 1. The quantitative estimate of drug-likeness (QED) is 0.823. The summed E-state index contributed by atoms with van der Waals surface area (Å²) in [6.07, 6.45) is -0.517. The van der Waals surface area contributed by atoms with Gasteiger partial charge >= 0.3 is 12.1 Å². The summed E-state index contributed by atoms with van der Waals surface area (Å²) in [5.41, 5.74) is -0.296. The Balaban J connectivity index is 1.87. The van der Waals surface area contributed by atoms with Crippen LogP contribution in [0.4, 0.5) is 20.6 Å². The summed E-state index contributed by atoms with van der Waals surface area (Å²) in [4.78, 5) is 23.9. The van der Waals surface area contributed by atoms with Gasteiger partial charge in [0.25, 0.3) is 10.0 Å². The maximum absolute atomic E-state index is 13.2. The Kier molecular flexibility index (Phi) is 4.51. The van der Waals surface area contributed by atoms with Crippen molar-refractivity contribution in [2.24, 2.45) is 0 Å². The van der Waals surface area contributed by atoms with E-state index in [-0.39, 0.29) is 17.2 Å². The lowest BCUT2D eigenvalue weighted by molar-refractivity contribution is 0.0697. The maximum atomic E-state index is 13.2. The maximum Gasteiger partial charge on any atom is 0.414 e. The van der Waals surface area contributed by atoms with Crippen molar-refractivity contribution in [1.29, 1.82) is 0 Å². The molecule has 1 amide bonds. The zero-order chi connectivity index (χ0) is 18.9. The number of sulfonamides is 1. The smallest absolute Gasteiger partial charge is 0.414 e. The van der Waals surface area contributed by atoms with E-state index in [1.807, 2.05) is 0 Å². The number of rotatable bonds is 5. The Morgan fingerprint density at radius 2 is 1.88 bits per heavy atom. The molecule has 0 saturated carbocycles. The first kappa shape index (κ1) is 17.7. The van der Waals surface area contributed by atoms with Crippen LogP contribution in [0.2, 0.25) is 0 Å². The zero-order valence-electron chi connectivity index (χ0n) is 13.2. The second-order valence-electron chi connectivity index (χ2n) is 5.36. The summed E-state index contributed by atoms with van der Waals surface area (Å²) in [6, 6.07) is 8.12. The molecule has 1 heterocycles. The van der Waals surface area contributed by atoms with Gasteiger partial charge in [0, 0.05) is 5.69 Å². The number of amides is 1. The zero-order valence-corrected chi connectivity index (χ0v) is 14.0. The molecule has 10 heteroatoms. The van der Waals surface area contributed by atoms with Crippen LogP contribution in [0.5, 0.6) is 0 Å². The number of carboxylic acid groups (broad SMARTS) is 1. The minimum Gasteiger partial charge on any atom is -0.478 e. The molecule has 2 aromatic carbocycles. The van der Waals surface area contributed by atoms with Crippen LogP contribution in [0.1, 0.15) is 10.4 Å². The number of carbonyl (C=O) groups is 2. The Morgan fingerprint density at radius 1 is 1.19 bits per heavy atom. The van der Waals surface area contributed by atoms with Gasteiger partial charge in [0.15, 0.2) is 0 Å². The molecule has 0 spiro atoms. The molecule has 0 radical (unpaired) electrons. The van der Waals surface area contributed by atoms with Crippen LogP contribution in [-0.2, 0) is 14.8 Å². The van der Waals surface area contributed by atoms with E-state index >= 15 is 0 Å². The molecule has 1 aliphatic heterocycles. The highest BCUT2D eigenvalue weighted by Crippen LogP contribution is 2.24. The van der Waals surface area contributed by atoms with Gasteiger partial charge in [-0.2, -0.15) is 0 Å². The van der Waals surface area contributed by atoms with E-state index in [2.05, 4.69) is 4.72 Å². The number of nitrogens with one attached hydrogen (secondary N) is 1. The third-order valence-corrected chi connectivity index (χ3v) is 5.06. The van der Waals surface area contributed by atoms with E-state index in [4.69, 9.17) is 9.84 Å². The highest BCUT2D eigenvalue weighted by Gasteiger charge is 2.24. The lowest BCUT2D eigenvalue weighted by Gasteiger charge is -2.14. The summed E-state index contributed by atoms with van der Waals surface area (Å²) in [5, 5.41) is 9.09. The van der Waals surface area contributed by atoms with Gasteiger partial charge in [-0.15, -0.1) is 0 Å². The Hall–Kier alpha value is -3.14. The second kappa shape index (κ2) is 6.64. The Labute approximate surface area is 147 Å². The number of ether oxygens (including phenoxy) is 1. The Bertz CT molecular complexity index is 975. The molecule has 2 aromatic rings. The van der Waals surface area contributed by atoms with E-state index in [1.54, 1.807) is 0 Å². The van der Waals surface area contributed by atoms with Crippen LogP contribution in [0.25, 0.3) is 0 Å². The van der Waals surface area contributed by atoms with Crippen LogP contribution in [-0.4, -0.2) is 38.7 Å². The van der Waals surface area contributed by atoms with Crippen molar-refractivity contribution in [1.82, 2.24) is 0 Å². The van der Waals surface area contributed by atoms with Crippen LogP contribution in [0.3, 0.4) is 0 Å². The largest absolute Gasteiger partial charge is 0.478 e. The summed E-state index contributed by atoms with van der Waals surface area (Å²) >= 11 is 0. The highest BCUT2D eigenvalue weighted by molar-refractivity contribution is 7.92. The molecule has 26 heavy (non-hydrogen) atoms. The number of hydrogen-bond donors (Lipinski definition) is 2. The molecule has 1 fully saturated rings. The molecule has 0 aliphatic carbocycles. The van der Waals surface area contributed by atoms with Gasteiger partial charge in [0.05, 0.1) is 22.7 Å². The number of aromatic carboxylic acids is 1. The number of nitrogens with zero attached hydrogens (tertiary/aromatic N) is 1. The van der Waals surface area contributed by atoms with Crippen molar-refractivity contribution < 1.29 is 32.2 Å². The van der Waals surface area contributed by atoms with Gasteiger partial charge in [-0.1, -0.05) is 0 Å². The van der Waals surface area contributed by atoms with Crippen molar-refractivity contribution in [2.75, 3.05) is 22.8 Å². The standard InChI is InChI=1S/C16H13FN2O6S/c17-10-1-6-14(13(9-10)15(20)21)18-26(23,24)12-4-2-11(3-5-12)19-7-8-25-16(19)22/h1-6,9,18H,7-8H2,(H,20,21). The van der Waals surface area contributed by atoms with Gasteiger partial charge in [-0.05, 0) is 42.5 Å². The number of hydrogen-bond acceptors (Lipinski definition) is 5. The van der Waals surface area contributed by atoms with Gasteiger partial charge in [0.1, 0.15) is 12.4 Å². The molecular weight excluding hydrogens is 367 g/mol. The molecule has 0 atom stereocenters. The number of cyclic esters (lactones) is 1. The molecule has 136 valence electrons. The van der Waals surface area contributed by atoms with Gasteiger partial charge in [-0.3, -0.25) is 9.62 Å². The molecule has 0 aromatic heterocycles. The lowest BCUT2D eigenvalue weighted by Crippen LogP contribution is -2.23. The first-order valence-electron chi connectivity index (χ1n) is 7.38. The first-order chi connectivity index (χ1) is 12.3. The molecule has 0 unspecified atom stereocenters. The van der Waals surface area contributed by atoms with Crippen molar-refractivity contribution in [3.8, 4) is 0 Å². The van der Waals surface area contributed by atoms with Crippen LogP contribution in [0, 0.1) is 5.82 Å². The molecule has 1 aliphatic rings. The van der Waals surface area contributed by atoms with E-state index < -0.39 is 33.5 Å². The number of anilines is 2. The van der Waals surface area contributed by atoms with Crippen molar-refractivity contribution in [3.05, 3.63) is 53.8 Å². The number of benzene rings is 2. The topological polar surface area (TPSA) is 113 Å². The second-order valence-corrected chi connectivity index (χ2v) is 7.04. The lowest BCUT2D eigenvalue weighted by atomic mass is 10.2. The van der Waals surface area contributed by atoms with E-state index in [0.717, 1.165) is 18.2 Å². The SMILES string of the molecule is O=C(O)c1cc(F)ccc1NS(=O)(=O)c1ccc(N2CCOC2=O)cc1. The van der Waals surface area contributed by atoms with Gasteiger partial charge in [0.2, 0.25) is 0 Å². The van der Waals surface area contributed by atoms with E-state index in [1.165, 1.54) is 29.2 Å². The normalized spacial score (nSPS) is 14.2. The van der Waals surface area contributed by atoms with Crippen LogP contribution in [0.15, 0.2) is 47.4 Å². The predicted octanol–water partition coefficient (Wildman–Crippen LogP) is 2.28. The minimum absolute atomic E-state index is 0.144. The molecule has 1 saturated heterocycles. The summed E-state index contributed by atoms with van der Waals surface area (Å²) in [7, 11) is -4.11. The average molecular weight is 380 g/mol. The fraction of sp³-hybridized carbons (Fsp3) is 0.125. The molecular formula is C16H13FN2O6S. The van der Waals surface area contributed by atoms with E-state index in [9.17, 15) is 22.4 Å². The molecule has 0 bridgehead atoms. The summed E-state index contributed by atoms with van der Waals surface area (Å²) < 4.78 is 45.1. The van der Waals surface area contributed by atoms with Crippen molar-refractivity contribution >= 4 is 33.5 Å². The fourth-order valence-electron chi connectivity index (χ4n) is 2.42. The van der Waals surface area contributed by atoms with Crippen LogP contribution >= 0.6 is 0 Å². The summed E-state index contributed by atoms with van der Waals surface area (Å²) in [5.74, 6) is -2.27. The van der Waals surface area contributed by atoms with Gasteiger partial charge in [-0.25, -0.2) is 22.4 Å². The molecule has 2 N–H and O–H groups in total. The highest BCUT2D eigenvalue weighted by atomic mass is 32.2. The number of carbonyl (C=O) groups excluding carboxylic acids is 1. The first-order valence-corrected chi connectivity index (χ1v) is 8.86. The predicted molar refractivity (Wildman–Crippen MR) is 89.3 cm³/mol. The van der Waals surface area contributed by atoms with Gasteiger partial charge < -0.3 is 9.84 Å². The van der Waals surface area contributed by atoms with Crippen molar-refractivity contribution in [2.45, 2.75) is 4.90 Å². The molecule has 3 rings (SSSR count). The van der Waals surface area contributed by atoms with Crippen LogP contribution < -0.4 is 9.62 Å². The minimum atomic E-state index is -4.11. The van der Waals surface area contributed by atoms with Crippen molar-refractivity contribution in [3.63, 3.8) is 0 Å². The Morgan fingerprint density at radius 3 is 2.46 bits per heavy atom. The number of carboxylic acids is 1. The van der Waals surface area contributed by atoms with E-state index in [0.29, 0.717) is 12.2 Å². The average Bonchev–Trinajstić information content (AvgIpc) is 3.02. The molecule has 8 nitrogen and oxygen atoms in total. The fourth-order valence-corrected chi connectivity index (χ4v) is 3.50. The summed E-state index contributed by atoms with van der Waals surface area (Å²) in [6.45, 7) is 0.615. The third-order valence-electron chi connectivity index (χ3n) is 3.68. The monoisotopic (exact) mass is 380 g/mol. The third kappa shape index (κ3) is 3.45.